The van der Waals surface area contributed by atoms with Crippen LogP contribution in [-0.4, -0.2) is 47.7 Å². The monoisotopic (exact) mass is 539 g/mol. The van der Waals surface area contributed by atoms with Gasteiger partial charge in [-0.2, -0.15) is 18.3 Å². The van der Waals surface area contributed by atoms with Crippen molar-refractivity contribution in [2.45, 2.75) is 55.8 Å². The lowest BCUT2D eigenvalue weighted by molar-refractivity contribution is -0.149. The second-order valence-electron chi connectivity index (χ2n) is 8.85. The largest absolute Gasteiger partial charge is 0.409 e. The first-order chi connectivity index (χ1) is 17.4. The zero-order valence-corrected chi connectivity index (χ0v) is 20.9. The van der Waals surface area contributed by atoms with E-state index in [1.165, 1.54) is 53.6 Å². The maximum Gasteiger partial charge on any atom is 0.409 e. The van der Waals surface area contributed by atoms with E-state index in [9.17, 15) is 30.8 Å². The van der Waals surface area contributed by atoms with Gasteiger partial charge in [-0.15, -0.1) is 0 Å². The highest BCUT2D eigenvalue weighted by molar-refractivity contribution is 7.90. The smallest absolute Gasteiger partial charge is 0.331 e. The predicted octanol–water partition coefficient (Wildman–Crippen LogP) is 4.74. The highest BCUT2D eigenvalue weighted by Crippen LogP contribution is 2.39. The Balaban J connectivity index is 1.71. The number of urea groups is 1. The molecule has 13 heteroatoms. The van der Waals surface area contributed by atoms with Gasteiger partial charge in [0.25, 0.3) is 0 Å². The van der Waals surface area contributed by atoms with Crippen molar-refractivity contribution in [3.63, 3.8) is 0 Å². The van der Waals surface area contributed by atoms with Gasteiger partial charge in [0.1, 0.15) is 11.9 Å². The fourth-order valence-electron chi connectivity index (χ4n) is 4.39. The summed E-state index contributed by atoms with van der Waals surface area (Å²) in [7, 11) is -3.59. The molecule has 0 fully saturated rings. The predicted molar refractivity (Wildman–Crippen MR) is 128 cm³/mol. The van der Waals surface area contributed by atoms with Crippen LogP contribution in [0.2, 0.25) is 0 Å². The molecule has 198 valence electrons. The number of pyridine rings is 1. The SMILES string of the molecule is CCC[C@H](NC(=O)N1c2cnn(-c3ccc(F)cc3)c2CCC1C(F)(F)F)c1cncc(S(C)(=O)=O)c1. The van der Waals surface area contributed by atoms with Crippen LogP contribution in [0.25, 0.3) is 5.69 Å². The molecule has 1 N–H and O–H groups in total. The number of halogens is 4. The van der Waals surface area contributed by atoms with E-state index in [0.29, 0.717) is 34.7 Å². The Morgan fingerprint density at radius 1 is 1.19 bits per heavy atom. The fourth-order valence-corrected chi connectivity index (χ4v) is 5.00. The molecule has 2 aromatic heterocycles. The first-order valence-corrected chi connectivity index (χ1v) is 13.4. The topological polar surface area (TPSA) is 97.2 Å². The summed E-state index contributed by atoms with van der Waals surface area (Å²) >= 11 is 0. The van der Waals surface area contributed by atoms with E-state index >= 15 is 0 Å². The van der Waals surface area contributed by atoms with Crippen molar-refractivity contribution in [3.8, 4) is 5.69 Å². The van der Waals surface area contributed by atoms with Crippen LogP contribution in [0.3, 0.4) is 0 Å². The second-order valence-corrected chi connectivity index (χ2v) is 10.9. The molecule has 1 aliphatic heterocycles. The van der Waals surface area contributed by atoms with E-state index in [0.717, 1.165) is 6.26 Å². The molecule has 0 spiro atoms. The summed E-state index contributed by atoms with van der Waals surface area (Å²) in [6, 6.07) is 2.81. The number of carbonyl (C=O) groups is 1. The number of carbonyl (C=O) groups excluding carboxylic acids is 1. The van der Waals surface area contributed by atoms with E-state index in [1.54, 1.807) is 0 Å². The minimum absolute atomic E-state index is 0.000615. The van der Waals surface area contributed by atoms with Crippen molar-refractivity contribution in [1.29, 1.82) is 0 Å². The van der Waals surface area contributed by atoms with Gasteiger partial charge in [-0.25, -0.2) is 22.3 Å². The summed E-state index contributed by atoms with van der Waals surface area (Å²) in [5, 5.41) is 6.84. The zero-order chi connectivity index (χ0) is 27.0. The van der Waals surface area contributed by atoms with Crippen molar-refractivity contribution in [2.75, 3.05) is 11.2 Å². The van der Waals surface area contributed by atoms with Crippen molar-refractivity contribution >= 4 is 21.6 Å². The van der Waals surface area contributed by atoms with Crippen LogP contribution >= 0.6 is 0 Å². The molecular formula is C24H25F4N5O3S. The van der Waals surface area contributed by atoms with Crippen LogP contribution in [0.4, 0.5) is 28.0 Å². The van der Waals surface area contributed by atoms with E-state index in [4.69, 9.17) is 0 Å². The number of sulfone groups is 1. The molecule has 0 aliphatic carbocycles. The van der Waals surface area contributed by atoms with Crippen LogP contribution in [0.15, 0.2) is 53.8 Å². The van der Waals surface area contributed by atoms with E-state index in [-0.39, 0.29) is 23.4 Å². The van der Waals surface area contributed by atoms with Gasteiger partial charge in [-0.1, -0.05) is 13.3 Å². The van der Waals surface area contributed by atoms with Crippen molar-refractivity contribution in [2.24, 2.45) is 0 Å². The highest BCUT2D eigenvalue weighted by Gasteiger charge is 2.49. The number of nitrogens with zero attached hydrogens (tertiary/aromatic N) is 4. The molecule has 2 atom stereocenters. The maximum atomic E-state index is 14.0. The molecule has 4 rings (SSSR count). The van der Waals surface area contributed by atoms with Crippen LogP contribution < -0.4 is 10.2 Å². The average molecular weight is 540 g/mol. The lowest BCUT2D eigenvalue weighted by Gasteiger charge is -2.37. The lowest BCUT2D eigenvalue weighted by Crippen LogP contribution is -2.55. The molecule has 8 nitrogen and oxygen atoms in total. The van der Waals surface area contributed by atoms with Crippen molar-refractivity contribution in [1.82, 2.24) is 20.1 Å². The Hall–Kier alpha value is -3.48. The van der Waals surface area contributed by atoms with Crippen LogP contribution in [0.5, 0.6) is 0 Å². The summed E-state index contributed by atoms with van der Waals surface area (Å²) in [6.07, 6.45) is 0.566. The van der Waals surface area contributed by atoms with Crippen LogP contribution in [0, 0.1) is 5.82 Å². The summed E-state index contributed by atoms with van der Waals surface area (Å²) in [5.74, 6) is -0.473. The third-order valence-corrected chi connectivity index (χ3v) is 7.26. The number of aromatic nitrogens is 3. The first kappa shape index (κ1) is 26.6. The van der Waals surface area contributed by atoms with E-state index < -0.39 is 39.9 Å². The molecule has 1 unspecified atom stereocenters. The molecular weight excluding hydrogens is 514 g/mol. The number of amides is 2. The first-order valence-electron chi connectivity index (χ1n) is 11.5. The van der Waals surface area contributed by atoms with Gasteiger partial charge < -0.3 is 5.32 Å². The van der Waals surface area contributed by atoms with Gasteiger partial charge in [0, 0.05) is 18.6 Å². The van der Waals surface area contributed by atoms with Gasteiger partial charge >= 0.3 is 12.2 Å². The number of alkyl halides is 3. The van der Waals surface area contributed by atoms with Gasteiger partial charge in [0.05, 0.1) is 34.2 Å². The molecule has 0 saturated carbocycles. The Kier molecular flexibility index (Phi) is 7.27. The normalized spacial score (nSPS) is 16.8. The number of fused-ring (bicyclic) bond motifs is 1. The number of nitrogens with one attached hydrogen (secondary N) is 1. The van der Waals surface area contributed by atoms with Gasteiger partial charge in [0.2, 0.25) is 0 Å². The molecule has 3 aromatic rings. The summed E-state index contributed by atoms with van der Waals surface area (Å²) < 4.78 is 80.9. The van der Waals surface area contributed by atoms with Gasteiger partial charge in [0.15, 0.2) is 9.84 Å². The molecule has 0 radical (unpaired) electrons. The number of rotatable bonds is 6. The molecule has 2 amide bonds. The summed E-state index contributed by atoms with van der Waals surface area (Å²) in [6.45, 7) is 1.83. The van der Waals surface area contributed by atoms with Crippen molar-refractivity contribution in [3.05, 3.63) is 66.0 Å². The number of hydrogen-bond donors (Lipinski definition) is 1. The molecule has 0 bridgehead atoms. The average Bonchev–Trinajstić information content (AvgIpc) is 3.27. The Labute approximate surface area is 211 Å². The molecule has 1 aliphatic rings. The Bertz CT molecular complexity index is 1390. The Morgan fingerprint density at radius 3 is 2.51 bits per heavy atom. The van der Waals surface area contributed by atoms with E-state index in [1.807, 2.05) is 6.92 Å². The molecule has 0 saturated heterocycles. The maximum absolute atomic E-state index is 14.0. The fraction of sp³-hybridized carbons (Fsp3) is 0.375. The highest BCUT2D eigenvalue weighted by atomic mass is 32.2. The van der Waals surface area contributed by atoms with E-state index in [2.05, 4.69) is 15.4 Å². The molecule has 1 aromatic carbocycles. The van der Waals surface area contributed by atoms with Crippen molar-refractivity contribution < 1.29 is 30.8 Å². The Morgan fingerprint density at radius 2 is 1.89 bits per heavy atom. The summed E-state index contributed by atoms with van der Waals surface area (Å²) in [5.41, 5.74) is 1.19. The van der Waals surface area contributed by atoms with Gasteiger partial charge in [-0.05, 0) is 55.2 Å². The number of hydrogen-bond acceptors (Lipinski definition) is 5. The van der Waals surface area contributed by atoms with Gasteiger partial charge in [-0.3, -0.25) is 9.88 Å². The zero-order valence-electron chi connectivity index (χ0n) is 20.0. The third-order valence-electron chi connectivity index (χ3n) is 6.18. The quantitative estimate of drug-likeness (QED) is 0.457. The standard InChI is InChI=1S/C24H25F4N5O3S/c1-3-4-19(15-11-18(13-29-12-15)37(2,35)36)31-23(34)32-21-14-30-33(17-7-5-16(25)6-8-17)20(21)9-10-22(32)24(26,27)28/h5-8,11-14,19,22H,3-4,9-10H2,1-2H3,(H,31,34)/t19-,22?/m0/s1. The molecule has 3 heterocycles. The molecule has 37 heavy (non-hydrogen) atoms. The minimum atomic E-state index is -4.70. The lowest BCUT2D eigenvalue weighted by atomic mass is 10.00. The van der Waals surface area contributed by atoms with Crippen LogP contribution in [-0.2, 0) is 16.3 Å². The second kappa shape index (κ2) is 10.1. The summed E-state index contributed by atoms with van der Waals surface area (Å²) in [4.78, 5) is 18.0. The van der Waals surface area contributed by atoms with Crippen LogP contribution in [0.1, 0.15) is 43.5 Å². The third kappa shape index (κ3) is 5.60. The number of anilines is 1. The number of benzene rings is 1. The minimum Gasteiger partial charge on any atom is -0.331 e.